The molecule has 23 heteroatoms. The Morgan fingerprint density at radius 1 is 0.514 bits per heavy atom. The summed E-state index contributed by atoms with van der Waals surface area (Å²) in [7, 11) is 0. The third kappa shape index (κ3) is 24.1. The first-order chi connectivity index (χ1) is 33.3. The summed E-state index contributed by atoms with van der Waals surface area (Å²) >= 11 is 42.0. The van der Waals surface area contributed by atoms with Crippen LogP contribution in [0.5, 0.6) is 0 Å². The molecule has 11 nitrogen and oxygen atoms in total. The number of thioether (sulfide) groups is 4. The highest BCUT2D eigenvalue weighted by atomic mass is 35.5. The molecule has 0 aromatic heterocycles. The number of nitrogens with two attached hydrogens (primary N) is 3. The van der Waals surface area contributed by atoms with Gasteiger partial charge in [-0.1, -0.05) is 191 Å². The van der Waals surface area contributed by atoms with Crippen molar-refractivity contribution in [2.75, 3.05) is 46.3 Å². The largest absolute Gasteiger partial charge is 0.379 e. The van der Waals surface area contributed by atoms with Crippen molar-refractivity contribution in [3.8, 4) is 0 Å². The fraction of sp³-hybridized carbons (Fsp3) is 0.306. The minimum Gasteiger partial charge on any atom is -0.379 e. The van der Waals surface area contributed by atoms with Crippen molar-refractivity contribution in [2.24, 2.45) is 27.2 Å². The number of hydrogen-bond donors (Lipinski definition) is 7. The van der Waals surface area contributed by atoms with Crippen LogP contribution in [-0.2, 0) is 42.3 Å². The Kier molecular flexibility index (Phi) is 32.6. The maximum atomic E-state index is 7.17. The number of aliphatic imine (C=N–C) groups is 2. The van der Waals surface area contributed by atoms with E-state index in [4.69, 9.17) is 108 Å². The number of hydrogen-bond acceptors (Lipinski definition) is 13. The molecule has 0 saturated heterocycles. The summed E-state index contributed by atoms with van der Waals surface area (Å²) in [5.74, 6) is 3.11. The first-order valence-corrected chi connectivity index (χ1v) is 27.8. The smallest absolute Gasteiger partial charge is 0.159 e. The van der Waals surface area contributed by atoms with Gasteiger partial charge in [-0.15, -0.1) is 24.8 Å². The Morgan fingerprint density at radius 2 is 0.847 bits per heavy atom. The lowest BCUT2D eigenvalue weighted by Crippen LogP contribution is -2.42. The Morgan fingerprint density at radius 3 is 1.14 bits per heavy atom. The molecule has 2 aliphatic heterocycles. The Labute approximate surface area is 484 Å². The van der Waals surface area contributed by atoms with E-state index >= 15 is 0 Å². The van der Waals surface area contributed by atoms with Gasteiger partial charge < -0.3 is 27.8 Å². The number of halogens is 8. The summed E-state index contributed by atoms with van der Waals surface area (Å²) in [6.45, 7) is 5.37. The highest BCUT2D eigenvalue weighted by Gasteiger charge is 2.16. The van der Waals surface area contributed by atoms with E-state index in [1.165, 1.54) is 45.8 Å². The Hall–Kier alpha value is -2.42. The van der Waals surface area contributed by atoms with Gasteiger partial charge in [0.2, 0.25) is 0 Å². The monoisotopic (exact) mass is 1210 g/mol. The summed E-state index contributed by atoms with van der Waals surface area (Å²) in [5.41, 5.74) is 24.4. The summed E-state index contributed by atoms with van der Waals surface area (Å²) in [5, 5.41) is 27.1. The quantitative estimate of drug-likeness (QED) is 0.0369. The van der Waals surface area contributed by atoms with E-state index in [0.29, 0.717) is 61.5 Å². The number of rotatable bonds is 16. The third-order valence-corrected chi connectivity index (χ3v) is 16.0. The zero-order valence-corrected chi connectivity index (χ0v) is 47.9. The van der Waals surface area contributed by atoms with Crippen LogP contribution in [0.15, 0.2) is 113 Å². The van der Waals surface area contributed by atoms with E-state index in [1.54, 1.807) is 29.6 Å². The van der Waals surface area contributed by atoms with Gasteiger partial charge >= 0.3 is 0 Å². The number of benzene rings is 5. The van der Waals surface area contributed by atoms with Crippen molar-refractivity contribution >= 4 is 162 Å². The molecule has 0 amide bonds. The van der Waals surface area contributed by atoms with Crippen LogP contribution >= 0.6 is 141 Å². The molecule has 0 saturated carbocycles. The lowest BCUT2D eigenvalue weighted by molar-refractivity contribution is 0.270. The summed E-state index contributed by atoms with van der Waals surface area (Å²) in [4.78, 5) is 14.1. The lowest BCUT2D eigenvalue weighted by atomic mass is 10.1. The van der Waals surface area contributed by atoms with Gasteiger partial charge in [0.05, 0.1) is 56.8 Å². The lowest BCUT2D eigenvalue weighted by Gasteiger charge is -2.27. The Balaban J connectivity index is 0.000000487. The van der Waals surface area contributed by atoms with Crippen LogP contribution in [0.25, 0.3) is 0 Å². The molecule has 0 bridgehead atoms. The van der Waals surface area contributed by atoms with Crippen LogP contribution in [-0.4, -0.2) is 76.8 Å². The normalized spacial score (nSPS) is 13.1. The SMILES string of the molecule is C.Cl.Cl.Clc1ccc(CCN2CN=C(SCc3ccccc3CSC3=NCN(CCc4ccc(Cl)c(Cl)c4)CN3)NC2)cc1Cl.N=C(N)SCc1ccccc1CSC(=N)N.NCCc1ccc(Cl)c(Cl)c1. The third-order valence-electron chi connectivity index (χ3n) is 10.3. The fourth-order valence-corrected chi connectivity index (χ4v) is 10.4. The van der Waals surface area contributed by atoms with Crippen molar-refractivity contribution in [1.29, 1.82) is 10.8 Å². The second-order valence-electron chi connectivity index (χ2n) is 15.4. The zero-order valence-electron chi connectivity index (χ0n) is 38.5. The van der Waals surface area contributed by atoms with E-state index < -0.39 is 0 Å². The standard InChI is InChI=1S/C30H32Cl4N6S2.C10H14N4S2.C8H9Cl2N.CH4.2ClH/c31-25-7-5-21(13-27(25)33)9-11-39-17-35-29(36-18-39)41-15-23-3-1-2-4-24(23)16-42-30-37-19-40(20-38-30)12-10-22-6-8-26(32)28(34)14-22;11-9(12)15-5-7-3-1-2-4-8(7)6-16-10(13)14;9-7-2-1-6(3-4-11)5-8(7)10;;;/h1-8,13-14H,9-12,15-20H2,(H,35,36)(H,37,38);1-4H,5-6H2,(H3,11,12)(H3,13,14);1-2,5H,3-4,11H2;1H4;2*1H. The molecule has 0 unspecified atom stereocenters. The molecule has 392 valence electrons. The summed E-state index contributed by atoms with van der Waals surface area (Å²) < 4.78 is 0. The van der Waals surface area contributed by atoms with E-state index in [1.807, 2.05) is 72.8 Å². The highest BCUT2D eigenvalue weighted by Crippen LogP contribution is 2.27. The van der Waals surface area contributed by atoms with Gasteiger partial charge in [-0.05, 0) is 101 Å². The second-order valence-corrected chi connectivity index (χ2v) is 21.8. The molecular weight excluding hydrogens is 1150 g/mol. The number of nitrogens with zero attached hydrogens (tertiary/aromatic N) is 4. The van der Waals surface area contributed by atoms with Crippen molar-refractivity contribution in [1.82, 2.24) is 20.4 Å². The van der Waals surface area contributed by atoms with Gasteiger partial charge in [-0.3, -0.25) is 20.6 Å². The fourth-order valence-electron chi connectivity index (χ4n) is 6.50. The average molecular weight is 1220 g/mol. The Bertz CT molecular complexity index is 2400. The average Bonchev–Trinajstić information content (AvgIpc) is 3.35. The van der Waals surface area contributed by atoms with Gasteiger partial charge in [0.1, 0.15) is 0 Å². The van der Waals surface area contributed by atoms with Crippen LogP contribution in [0.3, 0.4) is 0 Å². The molecule has 0 aliphatic carbocycles. The minimum absolute atomic E-state index is 0. The van der Waals surface area contributed by atoms with E-state index in [9.17, 15) is 0 Å². The van der Waals surface area contributed by atoms with Crippen LogP contribution in [0.1, 0.15) is 46.4 Å². The van der Waals surface area contributed by atoms with E-state index in [0.717, 1.165) is 84.2 Å². The first kappa shape index (κ1) is 65.7. The number of nitrogens with one attached hydrogen (secondary N) is 4. The summed E-state index contributed by atoms with van der Waals surface area (Å²) in [6, 6.07) is 33.7. The molecule has 5 aromatic rings. The molecule has 72 heavy (non-hydrogen) atoms. The molecule has 7 rings (SSSR count). The molecule has 5 aromatic carbocycles. The second kappa shape index (κ2) is 35.8. The van der Waals surface area contributed by atoms with Gasteiger partial charge in [-0.2, -0.15) is 0 Å². The number of amidine groups is 4. The predicted octanol–water partition coefficient (Wildman–Crippen LogP) is 13.5. The zero-order chi connectivity index (χ0) is 49.5. The van der Waals surface area contributed by atoms with Gasteiger partial charge in [0.15, 0.2) is 20.7 Å². The van der Waals surface area contributed by atoms with Crippen molar-refractivity contribution in [2.45, 2.75) is 49.7 Å². The molecule has 0 fully saturated rings. The maximum Gasteiger partial charge on any atom is 0.159 e. The van der Waals surface area contributed by atoms with Crippen LogP contribution in [0.4, 0.5) is 0 Å². The molecule has 0 atom stereocenters. The van der Waals surface area contributed by atoms with Crippen LogP contribution in [0.2, 0.25) is 30.1 Å². The maximum absolute atomic E-state index is 7.17. The van der Waals surface area contributed by atoms with E-state index in [2.05, 4.69) is 44.7 Å². The summed E-state index contributed by atoms with van der Waals surface area (Å²) in [6.07, 6.45) is 2.65. The van der Waals surface area contributed by atoms with E-state index in [-0.39, 0.29) is 42.6 Å². The predicted molar refractivity (Wildman–Crippen MR) is 327 cm³/mol. The van der Waals surface area contributed by atoms with Crippen molar-refractivity contribution in [3.05, 3.63) is 172 Å². The topological polar surface area (TPSA) is 181 Å². The first-order valence-electron chi connectivity index (χ1n) is 21.6. The van der Waals surface area contributed by atoms with Gasteiger partial charge in [0, 0.05) is 36.1 Å². The molecule has 2 heterocycles. The van der Waals surface area contributed by atoms with Crippen molar-refractivity contribution < 1.29 is 0 Å². The molecule has 2 aliphatic rings. The van der Waals surface area contributed by atoms with Crippen LogP contribution in [0, 0.1) is 10.8 Å². The van der Waals surface area contributed by atoms with Crippen LogP contribution < -0.4 is 27.8 Å². The van der Waals surface area contributed by atoms with Crippen molar-refractivity contribution in [3.63, 3.8) is 0 Å². The highest BCUT2D eigenvalue weighted by molar-refractivity contribution is 8.14. The van der Waals surface area contributed by atoms with Gasteiger partial charge in [-0.25, -0.2) is 9.98 Å². The molecule has 0 radical (unpaired) electrons. The molecule has 0 spiro atoms. The van der Waals surface area contributed by atoms with Gasteiger partial charge in [0.25, 0.3) is 0 Å². The molecule has 10 N–H and O–H groups in total. The minimum atomic E-state index is 0. The molecular formula is C49H61Cl8N11S4.